The van der Waals surface area contributed by atoms with Crippen molar-refractivity contribution < 1.29 is 39.7 Å². The van der Waals surface area contributed by atoms with E-state index in [2.05, 4.69) is 10.2 Å². The summed E-state index contributed by atoms with van der Waals surface area (Å²) in [5.74, 6) is -0.114. The van der Waals surface area contributed by atoms with Crippen LogP contribution >= 0.6 is 0 Å². The molecular formula is C19H26N2O8. The van der Waals surface area contributed by atoms with Crippen molar-refractivity contribution in [3.8, 4) is 17.2 Å². The Hall–Kier alpha value is -3.05. The van der Waals surface area contributed by atoms with Crippen molar-refractivity contribution in [1.82, 2.24) is 0 Å². The fourth-order valence-electron chi connectivity index (χ4n) is 2.20. The maximum atomic E-state index is 10.8. The Morgan fingerprint density at radius 3 is 2.45 bits per heavy atom. The van der Waals surface area contributed by atoms with Gasteiger partial charge in [-0.15, -0.1) is 0 Å². The van der Waals surface area contributed by atoms with Gasteiger partial charge in [0, 0.05) is 18.3 Å². The van der Waals surface area contributed by atoms with Crippen LogP contribution in [-0.2, 0) is 9.68 Å². The van der Waals surface area contributed by atoms with Crippen LogP contribution in [0.1, 0.15) is 11.7 Å². The van der Waals surface area contributed by atoms with Gasteiger partial charge in [0.1, 0.15) is 12.4 Å². The van der Waals surface area contributed by atoms with Gasteiger partial charge in [0.15, 0.2) is 17.5 Å². The predicted octanol–water partition coefficient (Wildman–Crippen LogP) is 1.44. The van der Waals surface area contributed by atoms with Crippen LogP contribution in [0.4, 0.5) is 5.69 Å². The molecule has 2 aromatic rings. The molecule has 29 heavy (non-hydrogen) atoms. The van der Waals surface area contributed by atoms with Crippen molar-refractivity contribution in [2.24, 2.45) is 5.73 Å². The molecule has 0 aliphatic heterocycles. The monoisotopic (exact) mass is 410 g/mol. The first-order chi connectivity index (χ1) is 13.9. The van der Waals surface area contributed by atoms with Gasteiger partial charge in [-0.3, -0.25) is 5.26 Å². The number of nitrogens with one attached hydrogen (secondary N) is 1. The molecule has 0 amide bonds. The van der Waals surface area contributed by atoms with E-state index in [1.165, 1.54) is 20.3 Å². The number of carboxylic acid groups (broad SMARTS) is 1. The molecule has 2 atom stereocenters. The number of hydrogen-bond donors (Lipinski definition) is 6. The van der Waals surface area contributed by atoms with Crippen LogP contribution in [0.3, 0.4) is 0 Å². The number of rotatable bonds is 9. The average Bonchev–Trinajstić information content (AvgIpc) is 2.73. The van der Waals surface area contributed by atoms with Gasteiger partial charge in [0.05, 0.1) is 20.3 Å². The Morgan fingerprint density at radius 2 is 1.90 bits per heavy atom. The maximum absolute atomic E-state index is 10.8. The van der Waals surface area contributed by atoms with E-state index in [4.69, 9.17) is 25.6 Å². The van der Waals surface area contributed by atoms with Crippen LogP contribution < -0.4 is 20.5 Å². The van der Waals surface area contributed by atoms with Crippen LogP contribution in [0.15, 0.2) is 42.5 Å². The fourth-order valence-corrected chi connectivity index (χ4v) is 2.20. The second-order valence-corrected chi connectivity index (χ2v) is 5.75. The summed E-state index contributed by atoms with van der Waals surface area (Å²) in [5.41, 5.74) is 6.49. The summed E-state index contributed by atoms with van der Waals surface area (Å²) in [6.07, 6.45) is -0.713. The molecule has 0 saturated heterocycles. The van der Waals surface area contributed by atoms with Crippen LogP contribution in [-0.4, -0.2) is 60.0 Å². The first-order valence-corrected chi connectivity index (χ1v) is 8.51. The average molecular weight is 410 g/mol. The van der Waals surface area contributed by atoms with Crippen molar-refractivity contribution in [3.63, 3.8) is 0 Å². The highest BCUT2D eigenvalue weighted by Gasteiger charge is 2.17. The molecule has 2 rings (SSSR count). The molecule has 10 heteroatoms. The third kappa shape index (κ3) is 7.84. The lowest BCUT2D eigenvalue weighted by Gasteiger charge is -2.14. The van der Waals surface area contributed by atoms with Crippen molar-refractivity contribution in [2.75, 3.05) is 32.7 Å². The molecule has 10 nitrogen and oxygen atoms in total. The molecule has 0 radical (unpaired) electrons. The van der Waals surface area contributed by atoms with Crippen LogP contribution in [0, 0.1) is 0 Å². The zero-order valence-electron chi connectivity index (χ0n) is 16.1. The standard InChI is InChI=1S/C10H13NO5.C9H13NO3/c1-15-8-4-2-3-7(5-8)11-9(6-16-14)10(12)13;1-13-9-4-6(8(12)5-10)2-3-7(9)11/h2-5,9,11,14H,6H2,1H3,(H,12,13);2-4,8,11-12H,5,10H2,1H3. The van der Waals surface area contributed by atoms with Crippen molar-refractivity contribution >= 4 is 11.7 Å². The van der Waals surface area contributed by atoms with E-state index >= 15 is 0 Å². The predicted molar refractivity (Wildman–Crippen MR) is 105 cm³/mol. The normalized spacial score (nSPS) is 12.2. The molecule has 2 aromatic carbocycles. The van der Waals surface area contributed by atoms with Gasteiger partial charge in [-0.05, 0) is 29.8 Å². The number of aliphatic hydroxyl groups excluding tert-OH is 1. The number of aliphatic hydroxyl groups is 1. The lowest BCUT2D eigenvalue weighted by Crippen LogP contribution is -2.33. The van der Waals surface area contributed by atoms with E-state index < -0.39 is 18.1 Å². The Balaban J connectivity index is 0.000000296. The van der Waals surface area contributed by atoms with Gasteiger partial charge >= 0.3 is 5.97 Å². The Morgan fingerprint density at radius 1 is 1.17 bits per heavy atom. The molecule has 0 fully saturated rings. The van der Waals surface area contributed by atoms with Gasteiger partial charge < -0.3 is 35.8 Å². The number of anilines is 1. The zero-order valence-corrected chi connectivity index (χ0v) is 16.1. The first-order valence-electron chi connectivity index (χ1n) is 8.51. The van der Waals surface area contributed by atoms with E-state index in [0.717, 1.165) is 0 Å². The number of phenolic OH excluding ortho intramolecular Hbond substituents is 1. The smallest absolute Gasteiger partial charge is 0.328 e. The number of aromatic hydroxyl groups is 1. The largest absolute Gasteiger partial charge is 0.504 e. The number of methoxy groups -OCH3 is 2. The Labute approximate surface area is 168 Å². The molecule has 0 heterocycles. The number of hydrogen-bond acceptors (Lipinski definition) is 9. The summed E-state index contributed by atoms with van der Waals surface area (Å²) in [6, 6.07) is 10.4. The number of carbonyl (C=O) groups is 1. The minimum Gasteiger partial charge on any atom is -0.504 e. The summed E-state index contributed by atoms with van der Waals surface area (Å²) in [5, 5.41) is 38.4. The zero-order chi connectivity index (χ0) is 21.8. The molecule has 0 aliphatic rings. The minimum absolute atomic E-state index is 0.0514. The molecule has 0 aromatic heterocycles. The molecule has 2 unspecified atom stereocenters. The number of carboxylic acids is 1. The summed E-state index contributed by atoms with van der Waals surface area (Å²) >= 11 is 0. The fraction of sp³-hybridized carbons (Fsp3) is 0.316. The maximum Gasteiger partial charge on any atom is 0.328 e. The molecule has 0 aliphatic carbocycles. The van der Waals surface area contributed by atoms with Crippen molar-refractivity contribution in [2.45, 2.75) is 12.1 Å². The minimum atomic E-state index is -1.11. The summed E-state index contributed by atoms with van der Waals surface area (Å²) < 4.78 is 9.87. The van der Waals surface area contributed by atoms with E-state index in [1.807, 2.05) is 0 Å². The van der Waals surface area contributed by atoms with Gasteiger partial charge in [0.2, 0.25) is 0 Å². The SMILES string of the molecule is COc1cc(C(O)CN)ccc1O.COc1cccc(NC(COO)C(=O)O)c1. The van der Waals surface area contributed by atoms with E-state index in [0.29, 0.717) is 22.7 Å². The van der Waals surface area contributed by atoms with E-state index in [1.54, 1.807) is 36.4 Å². The Bertz CT molecular complexity index is 772. The molecule has 0 saturated carbocycles. The number of phenols is 1. The number of benzene rings is 2. The first kappa shape index (κ1) is 24.0. The van der Waals surface area contributed by atoms with Gasteiger partial charge in [-0.25, -0.2) is 9.68 Å². The quantitative estimate of drug-likeness (QED) is 0.263. The van der Waals surface area contributed by atoms with Crippen molar-refractivity contribution in [1.29, 1.82) is 0 Å². The topological polar surface area (TPSA) is 164 Å². The van der Waals surface area contributed by atoms with E-state index in [-0.39, 0.29) is 18.9 Å². The second kappa shape index (κ2) is 12.4. The Kier molecular flexibility index (Phi) is 10.3. The number of ether oxygens (including phenoxy) is 2. The molecule has 0 spiro atoms. The summed E-state index contributed by atoms with van der Waals surface area (Å²) in [4.78, 5) is 14.6. The summed E-state index contributed by atoms with van der Waals surface area (Å²) in [6.45, 7) is -0.194. The summed E-state index contributed by atoms with van der Waals surface area (Å²) in [7, 11) is 2.97. The lowest BCUT2D eigenvalue weighted by molar-refractivity contribution is -0.244. The molecular weight excluding hydrogens is 384 g/mol. The molecule has 0 bridgehead atoms. The van der Waals surface area contributed by atoms with Crippen LogP contribution in [0.2, 0.25) is 0 Å². The number of aliphatic carboxylic acids is 1. The molecule has 7 N–H and O–H groups in total. The van der Waals surface area contributed by atoms with Gasteiger partial charge in [-0.2, -0.15) is 0 Å². The third-order valence-corrected chi connectivity index (χ3v) is 3.76. The lowest BCUT2D eigenvalue weighted by atomic mass is 10.1. The van der Waals surface area contributed by atoms with Crippen molar-refractivity contribution in [3.05, 3.63) is 48.0 Å². The highest BCUT2D eigenvalue weighted by Crippen LogP contribution is 2.28. The second-order valence-electron chi connectivity index (χ2n) is 5.75. The van der Waals surface area contributed by atoms with Gasteiger partial charge in [0.25, 0.3) is 0 Å². The van der Waals surface area contributed by atoms with Gasteiger partial charge in [-0.1, -0.05) is 12.1 Å². The highest BCUT2D eigenvalue weighted by molar-refractivity contribution is 5.77. The van der Waals surface area contributed by atoms with E-state index in [9.17, 15) is 15.0 Å². The van der Waals surface area contributed by atoms with Crippen LogP contribution in [0.25, 0.3) is 0 Å². The highest BCUT2D eigenvalue weighted by atomic mass is 17.1. The van der Waals surface area contributed by atoms with Crippen LogP contribution in [0.5, 0.6) is 17.2 Å². The molecule has 160 valence electrons. The third-order valence-electron chi connectivity index (χ3n) is 3.76. The number of nitrogens with two attached hydrogens (primary N) is 1.